The van der Waals surface area contributed by atoms with Crippen molar-refractivity contribution in [3.63, 3.8) is 0 Å². The number of aromatic nitrogens is 1. The van der Waals surface area contributed by atoms with Crippen molar-refractivity contribution >= 4 is 10.9 Å². The molecule has 1 heterocycles. The van der Waals surface area contributed by atoms with Crippen LogP contribution in [0.5, 0.6) is 0 Å². The predicted octanol–water partition coefficient (Wildman–Crippen LogP) is 3.29. The van der Waals surface area contributed by atoms with Gasteiger partial charge in [0.2, 0.25) is 0 Å². The summed E-state index contributed by atoms with van der Waals surface area (Å²) in [5.74, 6) is 0. The van der Waals surface area contributed by atoms with E-state index in [0.29, 0.717) is 0 Å². The molecule has 0 radical (unpaired) electrons. The Morgan fingerprint density at radius 2 is 1.81 bits per heavy atom. The molecule has 1 aliphatic rings. The SMILES string of the molecule is NC1(c2cc3ccccc3[nH]2)CCCCC1. The zero-order chi connectivity index (χ0) is 11.0. The van der Waals surface area contributed by atoms with Gasteiger partial charge in [0.1, 0.15) is 0 Å². The average molecular weight is 214 g/mol. The molecule has 0 spiro atoms. The van der Waals surface area contributed by atoms with Crippen LogP contribution in [0.4, 0.5) is 0 Å². The predicted molar refractivity (Wildman–Crippen MR) is 67.2 cm³/mol. The first kappa shape index (κ1) is 9.91. The Labute approximate surface area is 95.8 Å². The lowest BCUT2D eigenvalue weighted by atomic mass is 9.80. The highest BCUT2D eigenvalue weighted by atomic mass is 14.9. The Balaban J connectivity index is 2.04. The van der Waals surface area contributed by atoms with Crippen LogP contribution >= 0.6 is 0 Å². The second-order valence-corrected chi connectivity index (χ2v) is 4.99. The van der Waals surface area contributed by atoms with Crippen LogP contribution < -0.4 is 5.73 Å². The molecule has 0 saturated heterocycles. The number of aromatic amines is 1. The normalized spacial score (nSPS) is 20.1. The van der Waals surface area contributed by atoms with E-state index in [1.807, 2.05) is 0 Å². The third-order valence-electron chi connectivity index (χ3n) is 3.81. The van der Waals surface area contributed by atoms with Crippen molar-refractivity contribution in [3.8, 4) is 0 Å². The minimum Gasteiger partial charge on any atom is -0.357 e. The lowest BCUT2D eigenvalue weighted by Crippen LogP contribution is -2.38. The molecule has 0 unspecified atom stereocenters. The monoisotopic (exact) mass is 214 g/mol. The summed E-state index contributed by atoms with van der Waals surface area (Å²) in [6.45, 7) is 0. The van der Waals surface area contributed by atoms with E-state index in [4.69, 9.17) is 5.73 Å². The molecule has 0 aliphatic heterocycles. The summed E-state index contributed by atoms with van der Waals surface area (Å²) in [4.78, 5) is 3.48. The largest absolute Gasteiger partial charge is 0.357 e. The number of rotatable bonds is 1. The lowest BCUT2D eigenvalue weighted by Gasteiger charge is -2.32. The molecule has 84 valence electrons. The molecule has 1 fully saturated rings. The molecule has 0 atom stereocenters. The van der Waals surface area contributed by atoms with Crippen LogP contribution in [0.2, 0.25) is 0 Å². The van der Waals surface area contributed by atoms with E-state index in [2.05, 4.69) is 35.3 Å². The van der Waals surface area contributed by atoms with Crippen molar-refractivity contribution in [2.75, 3.05) is 0 Å². The molecule has 3 rings (SSSR count). The maximum atomic E-state index is 6.51. The Hall–Kier alpha value is -1.28. The Bertz CT molecular complexity index is 459. The van der Waals surface area contributed by atoms with Crippen molar-refractivity contribution in [1.82, 2.24) is 4.98 Å². The first-order valence-electron chi connectivity index (χ1n) is 6.15. The van der Waals surface area contributed by atoms with Crippen LogP contribution in [0, 0.1) is 0 Å². The Morgan fingerprint density at radius 3 is 2.56 bits per heavy atom. The fourth-order valence-corrected chi connectivity index (χ4v) is 2.79. The van der Waals surface area contributed by atoms with Gasteiger partial charge in [-0.05, 0) is 30.4 Å². The van der Waals surface area contributed by atoms with Crippen LogP contribution in [0.15, 0.2) is 30.3 Å². The molecule has 1 aromatic heterocycles. The molecule has 16 heavy (non-hydrogen) atoms. The molecule has 0 bridgehead atoms. The molecular weight excluding hydrogens is 196 g/mol. The van der Waals surface area contributed by atoms with Crippen molar-refractivity contribution < 1.29 is 0 Å². The summed E-state index contributed by atoms with van der Waals surface area (Å²) in [5, 5.41) is 1.27. The van der Waals surface area contributed by atoms with E-state index in [0.717, 1.165) is 12.8 Å². The molecule has 2 nitrogen and oxygen atoms in total. The highest BCUT2D eigenvalue weighted by molar-refractivity contribution is 5.80. The molecule has 1 aromatic carbocycles. The van der Waals surface area contributed by atoms with E-state index in [9.17, 15) is 0 Å². The van der Waals surface area contributed by atoms with Gasteiger partial charge in [0, 0.05) is 11.2 Å². The molecule has 2 aromatic rings. The van der Waals surface area contributed by atoms with Gasteiger partial charge in [0.15, 0.2) is 0 Å². The van der Waals surface area contributed by atoms with E-state index in [1.54, 1.807) is 0 Å². The molecule has 0 amide bonds. The summed E-state index contributed by atoms with van der Waals surface area (Å²) in [6, 6.07) is 10.6. The molecular formula is C14H18N2. The number of fused-ring (bicyclic) bond motifs is 1. The average Bonchev–Trinajstić information content (AvgIpc) is 2.74. The van der Waals surface area contributed by atoms with Gasteiger partial charge in [0.25, 0.3) is 0 Å². The first-order chi connectivity index (χ1) is 7.78. The fraction of sp³-hybridized carbons (Fsp3) is 0.429. The zero-order valence-electron chi connectivity index (χ0n) is 9.50. The number of hydrogen-bond acceptors (Lipinski definition) is 1. The van der Waals surface area contributed by atoms with Gasteiger partial charge in [-0.25, -0.2) is 0 Å². The molecule has 3 N–H and O–H groups in total. The van der Waals surface area contributed by atoms with E-state index in [1.165, 1.54) is 35.9 Å². The lowest BCUT2D eigenvalue weighted by molar-refractivity contribution is 0.296. The number of nitrogens with two attached hydrogens (primary N) is 1. The van der Waals surface area contributed by atoms with Crippen LogP contribution in [0.25, 0.3) is 10.9 Å². The topological polar surface area (TPSA) is 41.8 Å². The van der Waals surface area contributed by atoms with E-state index in [-0.39, 0.29) is 5.54 Å². The quantitative estimate of drug-likeness (QED) is 0.751. The van der Waals surface area contributed by atoms with Crippen molar-refractivity contribution in [3.05, 3.63) is 36.0 Å². The number of para-hydroxylation sites is 1. The summed E-state index contributed by atoms with van der Waals surface area (Å²) in [7, 11) is 0. The van der Waals surface area contributed by atoms with Gasteiger partial charge < -0.3 is 10.7 Å². The minimum atomic E-state index is -0.114. The van der Waals surface area contributed by atoms with Crippen LogP contribution in [-0.2, 0) is 5.54 Å². The van der Waals surface area contributed by atoms with Gasteiger partial charge in [-0.15, -0.1) is 0 Å². The summed E-state index contributed by atoms with van der Waals surface area (Å²) in [5.41, 5.74) is 8.82. The third kappa shape index (κ3) is 1.54. The second-order valence-electron chi connectivity index (χ2n) is 4.99. The summed E-state index contributed by atoms with van der Waals surface area (Å²) < 4.78 is 0. The van der Waals surface area contributed by atoms with Crippen molar-refractivity contribution in [2.24, 2.45) is 5.73 Å². The Kier molecular flexibility index (Phi) is 2.25. The maximum Gasteiger partial charge on any atom is 0.0561 e. The highest BCUT2D eigenvalue weighted by Crippen LogP contribution is 2.35. The van der Waals surface area contributed by atoms with Gasteiger partial charge in [0.05, 0.1) is 5.54 Å². The minimum absolute atomic E-state index is 0.114. The highest BCUT2D eigenvalue weighted by Gasteiger charge is 2.30. The maximum absolute atomic E-state index is 6.51. The first-order valence-corrected chi connectivity index (χ1v) is 6.15. The van der Waals surface area contributed by atoms with Gasteiger partial charge >= 0.3 is 0 Å². The third-order valence-corrected chi connectivity index (χ3v) is 3.81. The van der Waals surface area contributed by atoms with E-state index >= 15 is 0 Å². The van der Waals surface area contributed by atoms with Crippen LogP contribution in [-0.4, -0.2) is 4.98 Å². The summed E-state index contributed by atoms with van der Waals surface area (Å²) in [6.07, 6.45) is 6.07. The molecule has 2 heteroatoms. The number of nitrogens with one attached hydrogen (secondary N) is 1. The number of H-pyrrole nitrogens is 1. The van der Waals surface area contributed by atoms with Crippen molar-refractivity contribution in [2.45, 2.75) is 37.6 Å². The van der Waals surface area contributed by atoms with Gasteiger partial charge in [-0.3, -0.25) is 0 Å². The summed E-state index contributed by atoms with van der Waals surface area (Å²) >= 11 is 0. The van der Waals surface area contributed by atoms with Gasteiger partial charge in [-0.2, -0.15) is 0 Å². The van der Waals surface area contributed by atoms with Crippen LogP contribution in [0.3, 0.4) is 0 Å². The van der Waals surface area contributed by atoms with Crippen LogP contribution in [0.1, 0.15) is 37.8 Å². The smallest absolute Gasteiger partial charge is 0.0561 e. The van der Waals surface area contributed by atoms with Crippen molar-refractivity contribution in [1.29, 1.82) is 0 Å². The second kappa shape index (κ2) is 3.63. The number of hydrogen-bond donors (Lipinski definition) is 2. The Morgan fingerprint density at radius 1 is 1.06 bits per heavy atom. The van der Waals surface area contributed by atoms with Gasteiger partial charge in [-0.1, -0.05) is 37.5 Å². The standard InChI is InChI=1S/C14H18N2/c15-14(8-4-1-5-9-14)13-10-11-6-2-3-7-12(11)16-13/h2-3,6-7,10,16H,1,4-5,8-9,15H2. The number of benzene rings is 1. The fourth-order valence-electron chi connectivity index (χ4n) is 2.79. The molecule has 1 aliphatic carbocycles. The van der Waals surface area contributed by atoms with E-state index < -0.39 is 0 Å². The zero-order valence-corrected chi connectivity index (χ0v) is 9.50. The molecule has 1 saturated carbocycles.